The van der Waals surface area contributed by atoms with E-state index in [2.05, 4.69) is 31.0 Å². The van der Waals surface area contributed by atoms with Crippen LogP contribution < -0.4 is 5.32 Å². The van der Waals surface area contributed by atoms with E-state index in [4.69, 9.17) is 0 Å². The molecule has 0 aliphatic carbocycles. The smallest absolute Gasteiger partial charge is 0.00385 e. The molecular weight excluding hydrogens is 232 g/mol. The highest BCUT2D eigenvalue weighted by Gasteiger charge is 2.11. The second-order valence-corrected chi connectivity index (χ2v) is 5.79. The van der Waals surface area contributed by atoms with Gasteiger partial charge in [0.25, 0.3) is 0 Å². The van der Waals surface area contributed by atoms with Gasteiger partial charge in [-0.25, -0.2) is 0 Å². The lowest BCUT2D eigenvalue weighted by atomic mass is 9.96. The van der Waals surface area contributed by atoms with Gasteiger partial charge >= 0.3 is 0 Å². The molecule has 0 amide bonds. The fraction of sp³-hybridized carbons (Fsp3) is 1.00. The minimum absolute atomic E-state index is 0.769. The molecular formula is C17H38N2. The molecule has 0 aromatic rings. The third-order valence-electron chi connectivity index (χ3n) is 4.16. The van der Waals surface area contributed by atoms with Crippen molar-refractivity contribution in [1.29, 1.82) is 0 Å². The van der Waals surface area contributed by atoms with Crippen LogP contribution in [0, 0.1) is 5.92 Å². The van der Waals surface area contributed by atoms with E-state index < -0.39 is 0 Å². The maximum atomic E-state index is 3.35. The Morgan fingerprint density at radius 1 is 1.00 bits per heavy atom. The Hall–Kier alpha value is -0.0800. The molecule has 2 saturated heterocycles. The Labute approximate surface area is 122 Å². The molecule has 0 bridgehead atoms. The van der Waals surface area contributed by atoms with Crippen molar-refractivity contribution >= 4 is 0 Å². The standard InChI is InChI=1S/C8H17N.C7H15N.C2H6/c1-8(2)9-6-4-3-5-7-9;1-2-7-3-5-8-6-4-7;1-2/h8H,3-7H2,1-2H3;7-8H,2-6H2,1H3;1-2H3. The van der Waals surface area contributed by atoms with E-state index >= 15 is 0 Å². The van der Waals surface area contributed by atoms with E-state index in [1.54, 1.807) is 0 Å². The minimum Gasteiger partial charge on any atom is -0.317 e. The number of hydrogen-bond donors (Lipinski definition) is 1. The molecule has 1 N–H and O–H groups in total. The predicted molar refractivity (Wildman–Crippen MR) is 87.8 cm³/mol. The summed E-state index contributed by atoms with van der Waals surface area (Å²) in [5.41, 5.74) is 0. The summed E-state index contributed by atoms with van der Waals surface area (Å²) in [5, 5.41) is 3.35. The van der Waals surface area contributed by atoms with Crippen molar-refractivity contribution in [3.63, 3.8) is 0 Å². The summed E-state index contributed by atoms with van der Waals surface area (Å²) < 4.78 is 0. The van der Waals surface area contributed by atoms with Crippen LogP contribution in [0.15, 0.2) is 0 Å². The lowest BCUT2D eigenvalue weighted by Gasteiger charge is -2.29. The molecule has 0 unspecified atom stereocenters. The normalized spacial score (nSPS) is 21.2. The zero-order chi connectivity index (χ0) is 14.5. The van der Waals surface area contributed by atoms with Crippen LogP contribution in [0.5, 0.6) is 0 Å². The van der Waals surface area contributed by atoms with Crippen LogP contribution in [0.4, 0.5) is 0 Å². The minimum atomic E-state index is 0.769. The van der Waals surface area contributed by atoms with E-state index in [0.717, 1.165) is 12.0 Å². The molecule has 0 atom stereocenters. The van der Waals surface area contributed by atoms with Crippen molar-refractivity contribution in [2.24, 2.45) is 5.92 Å². The van der Waals surface area contributed by atoms with E-state index in [-0.39, 0.29) is 0 Å². The van der Waals surface area contributed by atoms with Crippen LogP contribution in [0.25, 0.3) is 0 Å². The van der Waals surface area contributed by atoms with Gasteiger partial charge in [0.2, 0.25) is 0 Å². The molecule has 2 aliphatic rings. The van der Waals surface area contributed by atoms with Gasteiger partial charge in [-0.15, -0.1) is 0 Å². The first kappa shape index (κ1) is 18.9. The van der Waals surface area contributed by atoms with Gasteiger partial charge in [0.05, 0.1) is 0 Å². The highest BCUT2D eigenvalue weighted by molar-refractivity contribution is 4.67. The largest absolute Gasteiger partial charge is 0.317 e. The number of rotatable bonds is 2. The SMILES string of the molecule is CC.CC(C)N1CCCCC1.CCC1CCNCC1. The third kappa shape index (κ3) is 9.45. The maximum Gasteiger partial charge on any atom is 0.00385 e. The topological polar surface area (TPSA) is 15.3 Å². The number of nitrogens with one attached hydrogen (secondary N) is 1. The third-order valence-corrected chi connectivity index (χ3v) is 4.16. The highest BCUT2D eigenvalue weighted by Crippen LogP contribution is 2.14. The van der Waals surface area contributed by atoms with Crippen LogP contribution in [0.1, 0.15) is 73.1 Å². The van der Waals surface area contributed by atoms with Gasteiger partial charge in [-0.05, 0) is 71.6 Å². The zero-order valence-corrected chi connectivity index (χ0v) is 14.2. The molecule has 2 heteroatoms. The fourth-order valence-electron chi connectivity index (χ4n) is 2.72. The van der Waals surface area contributed by atoms with Crippen molar-refractivity contribution in [2.75, 3.05) is 26.2 Å². The van der Waals surface area contributed by atoms with Crippen LogP contribution in [0.3, 0.4) is 0 Å². The maximum absolute atomic E-state index is 3.35. The first-order valence-electron chi connectivity index (χ1n) is 8.68. The van der Waals surface area contributed by atoms with E-state index in [9.17, 15) is 0 Å². The molecule has 0 spiro atoms. The van der Waals surface area contributed by atoms with Crippen molar-refractivity contribution in [2.45, 2.75) is 79.2 Å². The van der Waals surface area contributed by atoms with Gasteiger partial charge in [0.15, 0.2) is 0 Å². The molecule has 2 nitrogen and oxygen atoms in total. The second-order valence-electron chi connectivity index (χ2n) is 5.79. The Morgan fingerprint density at radius 3 is 1.84 bits per heavy atom. The van der Waals surface area contributed by atoms with Gasteiger partial charge in [-0.1, -0.05) is 33.6 Å². The molecule has 0 aromatic carbocycles. The monoisotopic (exact) mass is 270 g/mol. The van der Waals surface area contributed by atoms with Gasteiger partial charge in [0.1, 0.15) is 0 Å². The second kappa shape index (κ2) is 12.9. The number of piperidine rings is 2. The van der Waals surface area contributed by atoms with Crippen LogP contribution in [-0.4, -0.2) is 37.1 Å². The summed E-state index contributed by atoms with van der Waals surface area (Å²) in [6, 6.07) is 0.769. The predicted octanol–water partition coefficient (Wildman–Crippen LogP) is 4.30. The summed E-state index contributed by atoms with van der Waals surface area (Å²) in [6.45, 7) is 16.0. The fourth-order valence-corrected chi connectivity index (χ4v) is 2.72. The van der Waals surface area contributed by atoms with E-state index in [1.807, 2.05) is 13.8 Å². The van der Waals surface area contributed by atoms with E-state index in [1.165, 1.54) is 64.7 Å². The Kier molecular flexibility index (Phi) is 12.9. The quantitative estimate of drug-likeness (QED) is 0.804. The van der Waals surface area contributed by atoms with Crippen LogP contribution >= 0.6 is 0 Å². The zero-order valence-electron chi connectivity index (χ0n) is 14.2. The van der Waals surface area contributed by atoms with Crippen molar-refractivity contribution in [3.05, 3.63) is 0 Å². The van der Waals surface area contributed by atoms with Gasteiger partial charge in [0, 0.05) is 6.04 Å². The van der Waals surface area contributed by atoms with Crippen LogP contribution in [-0.2, 0) is 0 Å². The summed E-state index contributed by atoms with van der Waals surface area (Å²) in [4.78, 5) is 2.56. The van der Waals surface area contributed by atoms with Crippen molar-refractivity contribution in [3.8, 4) is 0 Å². The molecule has 0 saturated carbocycles. The summed E-state index contributed by atoms with van der Waals surface area (Å²) in [7, 11) is 0. The van der Waals surface area contributed by atoms with Gasteiger partial charge in [-0.2, -0.15) is 0 Å². The molecule has 2 aliphatic heterocycles. The molecule has 19 heavy (non-hydrogen) atoms. The Morgan fingerprint density at radius 2 is 1.53 bits per heavy atom. The number of hydrogen-bond acceptors (Lipinski definition) is 2. The summed E-state index contributed by atoms with van der Waals surface area (Å²) in [6.07, 6.45) is 8.45. The molecule has 0 aromatic heterocycles. The summed E-state index contributed by atoms with van der Waals surface area (Å²) in [5.74, 6) is 1.02. The first-order valence-corrected chi connectivity index (χ1v) is 8.68. The molecule has 116 valence electrons. The van der Waals surface area contributed by atoms with Crippen molar-refractivity contribution in [1.82, 2.24) is 10.2 Å². The average molecular weight is 271 g/mol. The molecule has 0 radical (unpaired) electrons. The number of likely N-dealkylation sites (tertiary alicyclic amines) is 1. The Balaban J connectivity index is 0.000000303. The lowest BCUT2D eigenvalue weighted by molar-refractivity contribution is 0.185. The first-order chi connectivity index (χ1) is 9.24. The molecule has 2 rings (SSSR count). The highest BCUT2D eigenvalue weighted by atomic mass is 15.1. The van der Waals surface area contributed by atoms with Crippen LogP contribution in [0.2, 0.25) is 0 Å². The lowest BCUT2D eigenvalue weighted by Crippen LogP contribution is -2.35. The van der Waals surface area contributed by atoms with Gasteiger partial charge < -0.3 is 10.2 Å². The Bertz CT molecular complexity index is 168. The van der Waals surface area contributed by atoms with Gasteiger partial charge in [-0.3, -0.25) is 0 Å². The summed E-state index contributed by atoms with van der Waals surface area (Å²) >= 11 is 0. The van der Waals surface area contributed by atoms with Crippen molar-refractivity contribution < 1.29 is 0 Å². The van der Waals surface area contributed by atoms with E-state index in [0.29, 0.717) is 0 Å². The molecule has 2 fully saturated rings. The molecule has 2 heterocycles. The number of nitrogens with zero attached hydrogens (tertiary/aromatic N) is 1. The average Bonchev–Trinajstić information content (AvgIpc) is 2.51.